The zero-order valence-electron chi connectivity index (χ0n) is 44.9. The Bertz CT molecular complexity index is 2290. The van der Waals surface area contributed by atoms with Crippen LogP contribution < -0.4 is 32.3 Å². The highest BCUT2D eigenvalue weighted by Crippen LogP contribution is 2.31. The van der Waals surface area contributed by atoms with Crippen LogP contribution in [0.3, 0.4) is 0 Å². The number of carbonyl (C=O) groups is 9. The number of anilines is 1. The number of piperidine rings is 1. The molecule has 4 rings (SSSR count). The number of thiazole rings is 1. The van der Waals surface area contributed by atoms with Crippen LogP contribution in [0.25, 0.3) is 0 Å². The first-order valence-electron chi connectivity index (χ1n) is 26.2. The van der Waals surface area contributed by atoms with Gasteiger partial charge in [0, 0.05) is 75.4 Å². The van der Waals surface area contributed by atoms with Crippen LogP contribution in [0.1, 0.15) is 139 Å². The molecule has 22 heteroatoms. The summed E-state index contributed by atoms with van der Waals surface area (Å²) in [6.45, 7) is 10.8. The first-order chi connectivity index (χ1) is 35.6. The number of imide groups is 1. The molecule has 0 bridgehead atoms. The van der Waals surface area contributed by atoms with Gasteiger partial charge >= 0.3 is 12.0 Å². The molecule has 0 radical (unpaired) electrons. The molecule has 414 valence electrons. The summed E-state index contributed by atoms with van der Waals surface area (Å²) in [6.07, 6.45) is 8.18. The Balaban J connectivity index is 1.39. The van der Waals surface area contributed by atoms with Crippen molar-refractivity contribution >= 4 is 70.4 Å². The molecule has 0 spiro atoms. The lowest BCUT2D eigenvalue weighted by molar-refractivity contribution is -0.142. The Labute approximate surface area is 444 Å². The third kappa shape index (κ3) is 19.1. The number of carboxylic acids is 1. The lowest BCUT2D eigenvalue weighted by Crippen LogP contribution is -2.58. The van der Waals surface area contributed by atoms with Crippen LogP contribution in [0, 0.1) is 17.8 Å². The Morgan fingerprint density at radius 3 is 2.24 bits per heavy atom. The molecule has 9 amide bonds. The van der Waals surface area contributed by atoms with E-state index in [9.17, 15) is 48.3 Å². The molecule has 75 heavy (non-hydrogen) atoms. The van der Waals surface area contributed by atoms with Crippen LogP contribution in [-0.4, -0.2) is 149 Å². The number of nitrogens with one attached hydrogen (secondary N) is 5. The molecular formula is C53H80N10O11S. The van der Waals surface area contributed by atoms with Crippen molar-refractivity contribution in [1.82, 2.24) is 41.0 Å². The molecular weight excluding hydrogens is 985 g/mol. The van der Waals surface area contributed by atoms with Gasteiger partial charge in [0.05, 0.1) is 12.0 Å². The maximum Gasteiger partial charge on any atom is 0.312 e. The number of hydrogen-bond acceptors (Lipinski definition) is 13. The summed E-state index contributed by atoms with van der Waals surface area (Å²) in [5.74, 6) is -4.37. The van der Waals surface area contributed by atoms with Gasteiger partial charge in [0.25, 0.3) is 17.7 Å². The van der Waals surface area contributed by atoms with Gasteiger partial charge in [-0.1, -0.05) is 66.0 Å². The van der Waals surface area contributed by atoms with Gasteiger partial charge in [-0.05, 0) is 94.5 Å². The number of urea groups is 1. The van der Waals surface area contributed by atoms with Gasteiger partial charge in [-0.25, -0.2) is 9.78 Å². The minimum Gasteiger partial charge on any atom is -0.481 e. The SMILES string of the molecule is CC[C@H](C)[C@H](NC(=O)[C@H]1CCCCN1C)C(=O)N(C)[C@H](C[C@@H](OC)c1nc(C(=O)N[C@@H](Cc2ccc(NC(=O)[C@H](CCCNC(N)=O)NC(=O)CCCCCN3C(=O)C=CC3=O)cc2)CC(C)C(=O)O)cs1)C(C)C. The summed E-state index contributed by atoms with van der Waals surface area (Å²) in [5, 5.41) is 26.1. The maximum absolute atomic E-state index is 14.3. The summed E-state index contributed by atoms with van der Waals surface area (Å²) in [4.78, 5) is 125. The number of rotatable bonds is 31. The maximum atomic E-state index is 14.3. The number of carbonyl (C=O) groups excluding carboxylic acids is 8. The number of hydrogen-bond donors (Lipinski definition) is 7. The number of methoxy groups -OCH3 is 1. The molecule has 1 saturated heterocycles. The molecule has 1 aromatic heterocycles. The molecule has 21 nitrogen and oxygen atoms in total. The molecule has 0 aliphatic carbocycles. The number of primary amides is 1. The Hall–Kier alpha value is -6.26. The second kappa shape index (κ2) is 30.3. The molecule has 2 aliphatic heterocycles. The summed E-state index contributed by atoms with van der Waals surface area (Å²) in [6, 6.07) is 3.20. The Morgan fingerprint density at radius 2 is 1.63 bits per heavy atom. The molecule has 0 saturated carbocycles. The van der Waals surface area contributed by atoms with Crippen LogP contribution in [0.2, 0.25) is 0 Å². The third-order valence-corrected chi connectivity index (χ3v) is 15.1. The van der Waals surface area contributed by atoms with Crippen LogP contribution in [-0.2, 0) is 44.7 Å². The lowest BCUT2D eigenvalue weighted by atomic mass is 9.92. The molecule has 2 aliphatic rings. The van der Waals surface area contributed by atoms with Crippen molar-refractivity contribution in [1.29, 1.82) is 0 Å². The highest BCUT2D eigenvalue weighted by atomic mass is 32.1. The zero-order chi connectivity index (χ0) is 55.4. The summed E-state index contributed by atoms with van der Waals surface area (Å²) >= 11 is 1.24. The van der Waals surface area contributed by atoms with Gasteiger partial charge in [0.2, 0.25) is 23.6 Å². The van der Waals surface area contributed by atoms with Gasteiger partial charge in [0.1, 0.15) is 28.9 Å². The van der Waals surface area contributed by atoms with Crippen molar-refractivity contribution in [3.05, 3.63) is 58.1 Å². The highest BCUT2D eigenvalue weighted by molar-refractivity contribution is 7.09. The van der Waals surface area contributed by atoms with Crippen LogP contribution in [0.4, 0.5) is 10.5 Å². The van der Waals surface area contributed by atoms with E-state index in [0.29, 0.717) is 49.2 Å². The number of nitrogens with two attached hydrogens (primary N) is 1. The smallest absolute Gasteiger partial charge is 0.312 e. The zero-order valence-corrected chi connectivity index (χ0v) is 45.7. The van der Waals surface area contributed by atoms with E-state index in [-0.39, 0.29) is 97.9 Å². The Kier molecular flexibility index (Phi) is 24.8. The largest absolute Gasteiger partial charge is 0.481 e. The number of aromatic nitrogens is 1. The van der Waals surface area contributed by atoms with Crippen molar-refractivity contribution in [2.75, 3.05) is 46.2 Å². The van der Waals surface area contributed by atoms with Gasteiger partial charge < -0.3 is 47.1 Å². The second-order valence-electron chi connectivity index (χ2n) is 20.2. The third-order valence-electron chi connectivity index (χ3n) is 14.1. The van der Waals surface area contributed by atoms with Crippen molar-refractivity contribution in [3.8, 4) is 0 Å². The first-order valence-corrected chi connectivity index (χ1v) is 27.1. The number of carboxylic acid groups (broad SMARTS) is 1. The van der Waals surface area contributed by atoms with Crippen LogP contribution >= 0.6 is 11.3 Å². The van der Waals surface area contributed by atoms with Crippen molar-refractivity contribution < 1.29 is 53.0 Å². The monoisotopic (exact) mass is 1060 g/mol. The van der Waals surface area contributed by atoms with Crippen molar-refractivity contribution in [3.63, 3.8) is 0 Å². The molecule has 3 heterocycles. The van der Waals surface area contributed by atoms with Gasteiger partial charge in [0.15, 0.2) is 0 Å². The number of likely N-dealkylation sites (tertiary alicyclic amines) is 1. The van der Waals surface area contributed by atoms with Gasteiger partial charge in [-0.2, -0.15) is 0 Å². The standard InChI is InChI=1S/C53H80N10O11S/c1-9-33(4)46(60-49(69)40-17-12-14-26-61(40)6)51(70)62(7)41(32(2)3)30-42(74-8)50-59-39(31-75-50)48(68)57-37(28-34(5)52(71)72)29-35-19-21-36(22-20-35)56-47(67)38(16-15-25-55-53(54)73)58-43(64)18-11-10-13-27-63-44(65)23-24-45(63)66/h19-24,31-34,37-38,40-42,46H,9-18,25-30H2,1-8H3,(H,56,67)(H,57,68)(H,58,64)(H,60,69)(H,71,72)(H3,54,55,73)/t33-,34?,37+,38-,40+,41+,42+,46-/m0/s1. The summed E-state index contributed by atoms with van der Waals surface area (Å²) in [5.41, 5.74) is 6.47. The number of unbranched alkanes of at least 4 members (excludes halogenated alkanes) is 2. The van der Waals surface area contributed by atoms with E-state index in [0.717, 1.165) is 36.3 Å². The van der Waals surface area contributed by atoms with Crippen molar-refractivity contribution in [2.45, 2.75) is 154 Å². The number of amides is 9. The minimum absolute atomic E-state index is 0.00569. The van der Waals surface area contributed by atoms with Gasteiger partial charge in [-0.15, -0.1) is 11.3 Å². The van der Waals surface area contributed by atoms with E-state index in [4.69, 9.17) is 10.5 Å². The van der Waals surface area contributed by atoms with E-state index in [1.165, 1.54) is 23.5 Å². The average Bonchev–Trinajstić information content (AvgIpc) is 3.99. The van der Waals surface area contributed by atoms with E-state index in [1.807, 2.05) is 39.6 Å². The minimum atomic E-state index is -1.03. The fraction of sp³-hybridized carbons (Fsp3) is 0.623. The predicted molar refractivity (Wildman–Crippen MR) is 284 cm³/mol. The van der Waals surface area contributed by atoms with Crippen LogP contribution in [0.5, 0.6) is 0 Å². The number of likely N-dealkylation sites (N-methyl/N-ethyl adjacent to an activating group) is 2. The van der Waals surface area contributed by atoms with Gasteiger partial charge in [-0.3, -0.25) is 48.2 Å². The van der Waals surface area contributed by atoms with E-state index in [1.54, 1.807) is 55.6 Å². The van der Waals surface area contributed by atoms with E-state index >= 15 is 0 Å². The molecule has 1 fully saturated rings. The normalized spacial score (nSPS) is 17.6. The Morgan fingerprint density at radius 1 is 0.933 bits per heavy atom. The fourth-order valence-electron chi connectivity index (χ4n) is 9.31. The molecule has 8 atom stereocenters. The second-order valence-corrected chi connectivity index (χ2v) is 21.1. The number of ether oxygens (including phenoxy) is 1. The fourth-order valence-corrected chi connectivity index (χ4v) is 10.2. The van der Waals surface area contributed by atoms with E-state index < -0.39 is 54.0 Å². The lowest BCUT2D eigenvalue weighted by Gasteiger charge is -2.38. The number of nitrogens with zero attached hydrogens (tertiary/aromatic N) is 4. The number of benzene rings is 1. The predicted octanol–water partition coefficient (Wildman–Crippen LogP) is 4.53. The van der Waals surface area contributed by atoms with E-state index in [2.05, 4.69) is 31.6 Å². The highest BCUT2D eigenvalue weighted by Gasteiger charge is 2.37. The molecule has 1 unspecified atom stereocenters. The molecule has 8 N–H and O–H groups in total. The number of aliphatic carboxylic acids is 1. The first kappa shape index (κ1) is 61.3. The molecule has 2 aromatic rings. The van der Waals surface area contributed by atoms with Crippen molar-refractivity contribution in [2.24, 2.45) is 23.5 Å². The van der Waals surface area contributed by atoms with Crippen LogP contribution in [0.15, 0.2) is 41.8 Å². The summed E-state index contributed by atoms with van der Waals surface area (Å²) < 4.78 is 5.95. The summed E-state index contributed by atoms with van der Waals surface area (Å²) in [7, 11) is 5.25. The topological polar surface area (TPSA) is 292 Å². The molecule has 1 aromatic carbocycles. The quantitative estimate of drug-likeness (QED) is 0.0404. The average molecular weight is 1070 g/mol.